The normalized spacial score (nSPS) is 18.3. The van der Waals surface area contributed by atoms with Crippen LogP contribution in [0.2, 0.25) is 0 Å². The number of rotatable bonds is 4. The van der Waals surface area contributed by atoms with Crippen molar-refractivity contribution in [3.8, 4) is 0 Å². The molecule has 2 rings (SSSR count). The first-order valence-corrected chi connectivity index (χ1v) is 6.80. The lowest BCUT2D eigenvalue weighted by Crippen LogP contribution is -2.43. The van der Waals surface area contributed by atoms with Crippen molar-refractivity contribution in [3.05, 3.63) is 35.9 Å². The van der Waals surface area contributed by atoms with E-state index >= 15 is 0 Å². The summed E-state index contributed by atoms with van der Waals surface area (Å²) in [5, 5.41) is 0. The number of carbonyl (C=O) groups excluding carboxylic acids is 1. The molecule has 1 aromatic carbocycles. The molecule has 0 spiro atoms. The minimum absolute atomic E-state index is 0.0297. The minimum Gasteiger partial charge on any atom is -0.384 e. The van der Waals surface area contributed by atoms with Gasteiger partial charge in [-0.1, -0.05) is 30.3 Å². The van der Waals surface area contributed by atoms with Crippen LogP contribution in [0.4, 0.5) is 0 Å². The van der Waals surface area contributed by atoms with E-state index in [1.165, 1.54) is 0 Å². The van der Waals surface area contributed by atoms with E-state index < -0.39 is 6.04 Å². The van der Waals surface area contributed by atoms with Crippen LogP contribution in [0.15, 0.2) is 30.3 Å². The van der Waals surface area contributed by atoms with E-state index in [9.17, 15) is 4.79 Å². The molecule has 0 saturated carbocycles. The fraction of sp³-hybridized carbons (Fsp3) is 0.533. The molecule has 0 bridgehead atoms. The molecule has 4 heteroatoms. The number of amides is 1. The molecule has 0 radical (unpaired) electrons. The molecular formula is C15H22N2O2. The fourth-order valence-electron chi connectivity index (χ4n) is 2.56. The number of hydrogen-bond donors (Lipinski definition) is 1. The Hall–Kier alpha value is -1.39. The molecule has 2 N–H and O–H groups in total. The lowest BCUT2D eigenvalue weighted by atomic mass is 9.96. The lowest BCUT2D eigenvalue weighted by molar-refractivity contribution is -0.134. The van der Waals surface area contributed by atoms with Crippen LogP contribution < -0.4 is 5.73 Å². The van der Waals surface area contributed by atoms with Gasteiger partial charge in [-0.05, 0) is 24.3 Å². The zero-order chi connectivity index (χ0) is 13.7. The van der Waals surface area contributed by atoms with Gasteiger partial charge in [0.05, 0.1) is 0 Å². The van der Waals surface area contributed by atoms with Crippen molar-refractivity contribution in [2.75, 3.05) is 26.8 Å². The minimum atomic E-state index is -0.542. The number of ether oxygens (including phenoxy) is 1. The first-order chi connectivity index (χ1) is 9.22. The van der Waals surface area contributed by atoms with Crippen LogP contribution in [-0.2, 0) is 9.53 Å². The molecule has 104 valence electrons. The van der Waals surface area contributed by atoms with Crippen LogP contribution in [-0.4, -0.2) is 37.6 Å². The van der Waals surface area contributed by atoms with Gasteiger partial charge in [0.1, 0.15) is 6.04 Å². The van der Waals surface area contributed by atoms with Gasteiger partial charge in [0.25, 0.3) is 0 Å². The number of methoxy groups -OCH3 is 1. The number of piperidine rings is 1. The van der Waals surface area contributed by atoms with E-state index in [4.69, 9.17) is 10.5 Å². The third-order valence-corrected chi connectivity index (χ3v) is 3.75. The molecule has 19 heavy (non-hydrogen) atoms. The predicted molar refractivity (Wildman–Crippen MR) is 74.6 cm³/mol. The molecule has 1 atom stereocenters. The Bertz CT molecular complexity index is 400. The average Bonchev–Trinajstić information content (AvgIpc) is 2.48. The summed E-state index contributed by atoms with van der Waals surface area (Å²) in [6.07, 6.45) is 2.00. The van der Waals surface area contributed by atoms with Crippen LogP contribution in [0.5, 0.6) is 0 Å². The van der Waals surface area contributed by atoms with Gasteiger partial charge in [0.2, 0.25) is 5.91 Å². The van der Waals surface area contributed by atoms with E-state index in [-0.39, 0.29) is 5.91 Å². The van der Waals surface area contributed by atoms with Gasteiger partial charge in [0.15, 0.2) is 0 Å². The van der Waals surface area contributed by atoms with Crippen LogP contribution in [0.25, 0.3) is 0 Å². The Balaban J connectivity index is 1.91. The van der Waals surface area contributed by atoms with Gasteiger partial charge in [-0.3, -0.25) is 4.79 Å². The summed E-state index contributed by atoms with van der Waals surface area (Å²) >= 11 is 0. The Morgan fingerprint density at radius 3 is 2.58 bits per heavy atom. The van der Waals surface area contributed by atoms with Crippen molar-refractivity contribution in [1.82, 2.24) is 4.90 Å². The summed E-state index contributed by atoms with van der Waals surface area (Å²) in [6.45, 7) is 2.35. The van der Waals surface area contributed by atoms with Crippen LogP contribution >= 0.6 is 0 Å². The van der Waals surface area contributed by atoms with E-state index in [1.54, 1.807) is 7.11 Å². The first kappa shape index (κ1) is 14.0. The zero-order valence-corrected chi connectivity index (χ0v) is 11.4. The monoisotopic (exact) mass is 262 g/mol. The Kier molecular flexibility index (Phi) is 4.93. The summed E-state index contributed by atoms with van der Waals surface area (Å²) in [6, 6.07) is 9.01. The summed E-state index contributed by atoms with van der Waals surface area (Å²) in [5.41, 5.74) is 6.93. The number of nitrogens with two attached hydrogens (primary N) is 1. The average molecular weight is 262 g/mol. The molecule has 1 fully saturated rings. The highest BCUT2D eigenvalue weighted by atomic mass is 16.5. The fourth-order valence-corrected chi connectivity index (χ4v) is 2.56. The van der Waals surface area contributed by atoms with Crippen molar-refractivity contribution in [3.63, 3.8) is 0 Å². The standard InChI is InChI=1S/C15H22N2O2/c1-19-11-12-7-9-17(10-8-12)15(18)14(16)13-5-3-2-4-6-13/h2-6,12,14H,7-11,16H2,1H3/t14-/m0/s1. The van der Waals surface area contributed by atoms with E-state index in [1.807, 2.05) is 35.2 Å². The highest BCUT2D eigenvalue weighted by molar-refractivity contribution is 5.83. The molecule has 4 nitrogen and oxygen atoms in total. The topological polar surface area (TPSA) is 55.6 Å². The van der Waals surface area contributed by atoms with Crippen molar-refractivity contribution in [2.45, 2.75) is 18.9 Å². The maximum Gasteiger partial charge on any atom is 0.244 e. The molecule has 1 amide bonds. The van der Waals surface area contributed by atoms with Crippen molar-refractivity contribution in [1.29, 1.82) is 0 Å². The summed E-state index contributed by atoms with van der Waals surface area (Å²) in [4.78, 5) is 14.2. The lowest BCUT2D eigenvalue weighted by Gasteiger charge is -2.33. The largest absolute Gasteiger partial charge is 0.384 e. The van der Waals surface area contributed by atoms with Crippen LogP contribution in [0.3, 0.4) is 0 Å². The van der Waals surface area contributed by atoms with E-state index in [2.05, 4.69) is 0 Å². The second-order valence-electron chi connectivity index (χ2n) is 5.11. The molecule has 0 aliphatic carbocycles. The Morgan fingerprint density at radius 1 is 1.37 bits per heavy atom. The third-order valence-electron chi connectivity index (χ3n) is 3.75. The van der Waals surface area contributed by atoms with Gasteiger partial charge in [-0.15, -0.1) is 0 Å². The maximum absolute atomic E-state index is 12.3. The van der Waals surface area contributed by atoms with Crippen molar-refractivity contribution < 1.29 is 9.53 Å². The zero-order valence-electron chi connectivity index (χ0n) is 11.4. The van der Waals surface area contributed by atoms with E-state index in [0.717, 1.165) is 38.1 Å². The second kappa shape index (κ2) is 6.68. The summed E-state index contributed by atoms with van der Waals surface area (Å²) in [5.74, 6) is 0.601. The second-order valence-corrected chi connectivity index (χ2v) is 5.11. The highest BCUT2D eigenvalue weighted by Gasteiger charge is 2.26. The van der Waals surface area contributed by atoms with Crippen molar-refractivity contribution >= 4 is 5.91 Å². The Labute approximate surface area is 114 Å². The third kappa shape index (κ3) is 3.55. The SMILES string of the molecule is COCC1CCN(C(=O)[C@@H](N)c2ccccc2)CC1. The van der Waals surface area contributed by atoms with Crippen LogP contribution in [0, 0.1) is 5.92 Å². The van der Waals surface area contributed by atoms with Crippen LogP contribution in [0.1, 0.15) is 24.4 Å². The molecule has 1 aliphatic heterocycles. The number of benzene rings is 1. The van der Waals surface area contributed by atoms with Gasteiger partial charge in [0, 0.05) is 26.8 Å². The van der Waals surface area contributed by atoms with Crippen molar-refractivity contribution in [2.24, 2.45) is 11.7 Å². The highest BCUT2D eigenvalue weighted by Crippen LogP contribution is 2.20. The van der Waals surface area contributed by atoms with Gasteiger partial charge >= 0.3 is 0 Å². The van der Waals surface area contributed by atoms with E-state index in [0.29, 0.717) is 5.92 Å². The van der Waals surface area contributed by atoms with Gasteiger partial charge < -0.3 is 15.4 Å². The molecule has 1 aliphatic rings. The number of nitrogens with zero attached hydrogens (tertiary/aromatic N) is 1. The Morgan fingerprint density at radius 2 is 2.00 bits per heavy atom. The van der Waals surface area contributed by atoms with Gasteiger partial charge in [-0.25, -0.2) is 0 Å². The molecule has 0 aromatic heterocycles. The molecule has 1 heterocycles. The molecule has 1 aromatic rings. The quantitative estimate of drug-likeness (QED) is 0.896. The molecular weight excluding hydrogens is 240 g/mol. The number of hydrogen-bond acceptors (Lipinski definition) is 3. The number of likely N-dealkylation sites (tertiary alicyclic amines) is 1. The first-order valence-electron chi connectivity index (χ1n) is 6.80. The predicted octanol–water partition coefficient (Wildman–Crippen LogP) is 1.57. The number of carbonyl (C=O) groups is 1. The molecule has 0 unspecified atom stereocenters. The molecule has 1 saturated heterocycles. The summed E-state index contributed by atoms with van der Waals surface area (Å²) in [7, 11) is 1.73. The van der Waals surface area contributed by atoms with Gasteiger partial charge in [-0.2, -0.15) is 0 Å². The smallest absolute Gasteiger partial charge is 0.244 e. The summed E-state index contributed by atoms with van der Waals surface area (Å²) < 4.78 is 5.17. The maximum atomic E-state index is 12.3.